The number of morpholine rings is 1. The zero-order valence-electron chi connectivity index (χ0n) is 17.7. The number of hydrogen-bond donors (Lipinski definition) is 1. The van der Waals surface area contributed by atoms with Gasteiger partial charge in [0.2, 0.25) is 0 Å². The van der Waals surface area contributed by atoms with Gasteiger partial charge in [0.05, 0.1) is 30.0 Å². The van der Waals surface area contributed by atoms with Crippen LogP contribution in [-0.2, 0) is 4.74 Å². The monoisotopic (exact) mass is 439 g/mol. The van der Waals surface area contributed by atoms with Gasteiger partial charge in [-0.15, -0.1) is 0 Å². The van der Waals surface area contributed by atoms with Crippen molar-refractivity contribution in [1.82, 2.24) is 25.0 Å². The smallest absolute Gasteiger partial charge is 0.272 e. The summed E-state index contributed by atoms with van der Waals surface area (Å²) >= 11 is 6.36. The van der Waals surface area contributed by atoms with Crippen molar-refractivity contribution in [3.8, 4) is 5.82 Å². The van der Waals surface area contributed by atoms with E-state index < -0.39 is 0 Å². The Morgan fingerprint density at radius 3 is 2.58 bits per heavy atom. The van der Waals surface area contributed by atoms with Crippen LogP contribution < -0.4 is 5.32 Å². The molecule has 0 radical (unpaired) electrons. The first-order chi connectivity index (χ1) is 15.0. The average Bonchev–Trinajstić information content (AvgIpc) is 3.12. The molecule has 3 aromatic rings. The van der Waals surface area contributed by atoms with Crippen molar-refractivity contribution < 1.29 is 9.53 Å². The number of aryl methyl sites for hydroxylation is 2. The number of ether oxygens (including phenoxy) is 1. The lowest BCUT2D eigenvalue weighted by Gasteiger charge is -2.31. The molecule has 3 heterocycles. The van der Waals surface area contributed by atoms with Gasteiger partial charge in [0, 0.05) is 25.3 Å². The summed E-state index contributed by atoms with van der Waals surface area (Å²) in [5.74, 6) is 0.250. The van der Waals surface area contributed by atoms with Crippen molar-refractivity contribution in [1.29, 1.82) is 0 Å². The minimum absolute atomic E-state index is 0.189. The van der Waals surface area contributed by atoms with E-state index in [1.54, 1.807) is 16.8 Å². The van der Waals surface area contributed by atoms with Crippen LogP contribution in [0.2, 0.25) is 5.02 Å². The maximum absolute atomic E-state index is 13.2. The molecular weight excluding hydrogens is 414 g/mol. The topological polar surface area (TPSA) is 72.3 Å². The first-order valence-corrected chi connectivity index (χ1v) is 10.7. The summed E-state index contributed by atoms with van der Waals surface area (Å²) < 4.78 is 7.17. The molecule has 0 bridgehead atoms. The van der Waals surface area contributed by atoms with Crippen LogP contribution in [0.5, 0.6) is 0 Å². The lowest BCUT2D eigenvalue weighted by molar-refractivity contribution is 0.0332. The average molecular weight is 440 g/mol. The summed E-state index contributed by atoms with van der Waals surface area (Å²) in [5, 5.41) is 7.90. The van der Waals surface area contributed by atoms with Crippen LogP contribution in [0.25, 0.3) is 5.82 Å². The summed E-state index contributed by atoms with van der Waals surface area (Å²) in [5.41, 5.74) is 3.05. The van der Waals surface area contributed by atoms with Crippen molar-refractivity contribution in [2.45, 2.75) is 19.9 Å². The molecule has 7 nitrogen and oxygen atoms in total. The number of nitrogens with zero attached hydrogens (tertiary/aromatic N) is 4. The molecule has 0 aliphatic carbocycles. The number of benzene rings is 1. The van der Waals surface area contributed by atoms with Crippen LogP contribution in [0.4, 0.5) is 0 Å². The second kappa shape index (κ2) is 9.60. The summed E-state index contributed by atoms with van der Waals surface area (Å²) in [4.78, 5) is 20.1. The van der Waals surface area contributed by atoms with Crippen LogP contribution in [0.15, 0.2) is 48.5 Å². The molecule has 4 rings (SSSR count). The molecule has 1 aliphatic rings. The molecule has 31 heavy (non-hydrogen) atoms. The number of carbonyl (C=O) groups excluding carboxylic acids is 1. The van der Waals surface area contributed by atoms with Crippen molar-refractivity contribution >= 4 is 17.5 Å². The van der Waals surface area contributed by atoms with Gasteiger partial charge in [-0.05, 0) is 37.6 Å². The predicted molar refractivity (Wildman–Crippen MR) is 120 cm³/mol. The standard InChI is InChI=1S/C23H26ClN5O2/c1-16-14-17(2)29(27-16)21-9-8-19(24)22(26-21)23(30)25-20(18-6-4-3-5-7-18)15-28-10-12-31-13-11-28/h3-9,14,20H,10-13,15H2,1-2H3,(H,25,30). The maximum Gasteiger partial charge on any atom is 0.272 e. The number of aromatic nitrogens is 3. The van der Waals surface area contributed by atoms with Gasteiger partial charge in [-0.1, -0.05) is 41.9 Å². The SMILES string of the molecule is Cc1cc(C)n(-c2ccc(Cl)c(C(=O)NC(CN3CCOCC3)c3ccccc3)n2)n1. The van der Waals surface area contributed by atoms with Gasteiger partial charge in [0.25, 0.3) is 5.91 Å². The van der Waals surface area contributed by atoms with E-state index >= 15 is 0 Å². The fraction of sp³-hybridized carbons (Fsp3) is 0.348. The molecule has 2 aromatic heterocycles. The molecule has 1 amide bonds. The molecule has 0 saturated carbocycles. The third-order valence-corrected chi connectivity index (χ3v) is 5.63. The highest BCUT2D eigenvalue weighted by Gasteiger charge is 2.23. The highest BCUT2D eigenvalue weighted by atomic mass is 35.5. The summed E-state index contributed by atoms with van der Waals surface area (Å²) in [7, 11) is 0. The predicted octanol–water partition coefficient (Wildman–Crippen LogP) is 3.34. The van der Waals surface area contributed by atoms with Crippen molar-refractivity contribution in [2.75, 3.05) is 32.8 Å². The van der Waals surface area contributed by atoms with Crippen LogP contribution in [-0.4, -0.2) is 58.4 Å². The van der Waals surface area contributed by atoms with Crippen LogP contribution in [0, 0.1) is 13.8 Å². The lowest BCUT2D eigenvalue weighted by Crippen LogP contribution is -2.43. The molecule has 1 aliphatic heterocycles. The molecule has 1 saturated heterocycles. The second-order valence-electron chi connectivity index (χ2n) is 7.69. The molecule has 162 valence electrons. The van der Waals surface area contributed by atoms with Gasteiger partial charge in [-0.3, -0.25) is 9.69 Å². The van der Waals surface area contributed by atoms with Gasteiger partial charge in [0.15, 0.2) is 5.82 Å². The first kappa shape index (κ1) is 21.5. The van der Waals surface area contributed by atoms with E-state index in [1.807, 2.05) is 50.2 Å². The molecule has 1 fully saturated rings. The van der Waals surface area contributed by atoms with E-state index in [4.69, 9.17) is 16.3 Å². The third-order valence-electron chi connectivity index (χ3n) is 5.32. The lowest BCUT2D eigenvalue weighted by atomic mass is 10.1. The number of amides is 1. The first-order valence-electron chi connectivity index (χ1n) is 10.4. The fourth-order valence-corrected chi connectivity index (χ4v) is 3.95. The van der Waals surface area contributed by atoms with E-state index in [0.29, 0.717) is 30.6 Å². The number of nitrogens with one attached hydrogen (secondary N) is 1. The number of halogens is 1. The van der Waals surface area contributed by atoms with Crippen LogP contribution >= 0.6 is 11.6 Å². The molecular formula is C23H26ClN5O2. The van der Waals surface area contributed by atoms with E-state index in [1.165, 1.54) is 0 Å². The van der Waals surface area contributed by atoms with Gasteiger partial charge in [-0.25, -0.2) is 9.67 Å². The summed E-state index contributed by atoms with van der Waals surface area (Å²) in [6, 6.07) is 15.2. The third kappa shape index (κ3) is 5.12. The molecule has 1 aromatic carbocycles. The minimum Gasteiger partial charge on any atom is -0.379 e. The van der Waals surface area contributed by atoms with Gasteiger partial charge in [0.1, 0.15) is 5.69 Å². The Balaban J connectivity index is 1.59. The normalized spacial score (nSPS) is 15.6. The Bertz CT molecular complexity index is 1050. The quantitative estimate of drug-likeness (QED) is 0.637. The second-order valence-corrected chi connectivity index (χ2v) is 8.10. The minimum atomic E-state index is -0.310. The number of rotatable bonds is 6. The highest BCUT2D eigenvalue weighted by molar-refractivity contribution is 6.33. The van der Waals surface area contributed by atoms with Crippen molar-refractivity contribution in [3.05, 3.63) is 76.2 Å². The Morgan fingerprint density at radius 1 is 1.16 bits per heavy atom. The van der Waals surface area contributed by atoms with Gasteiger partial charge < -0.3 is 10.1 Å². The van der Waals surface area contributed by atoms with E-state index in [0.717, 1.165) is 30.0 Å². The van der Waals surface area contributed by atoms with Crippen molar-refractivity contribution in [2.24, 2.45) is 0 Å². The molecule has 0 spiro atoms. The Labute approximate surface area is 187 Å². The molecule has 1 unspecified atom stereocenters. The van der Waals surface area contributed by atoms with E-state index in [-0.39, 0.29) is 17.6 Å². The number of hydrogen-bond acceptors (Lipinski definition) is 5. The maximum atomic E-state index is 13.2. The van der Waals surface area contributed by atoms with Crippen LogP contribution in [0.3, 0.4) is 0 Å². The molecule has 1 atom stereocenters. The van der Waals surface area contributed by atoms with Crippen LogP contribution in [0.1, 0.15) is 33.5 Å². The highest BCUT2D eigenvalue weighted by Crippen LogP contribution is 2.20. The van der Waals surface area contributed by atoms with E-state index in [9.17, 15) is 4.79 Å². The van der Waals surface area contributed by atoms with E-state index in [2.05, 4.69) is 20.3 Å². The Morgan fingerprint density at radius 2 is 1.90 bits per heavy atom. The van der Waals surface area contributed by atoms with Gasteiger partial charge >= 0.3 is 0 Å². The zero-order valence-corrected chi connectivity index (χ0v) is 18.5. The fourth-order valence-electron chi connectivity index (χ4n) is 3.76. The summed E-state index contributed by atoms with van der Waals surface area (Å²) in [6.45, 7) is 7.64. The Kier molecular flexibility index (Phi) is 6.65. The number of carbonyl (C=O) groups is 1. The van der Waals surface area contributed by atoms with Gasteiger partial charge in [-0.2, -0.15) is 5.10 Å². The van der Waals surface area contributed by atoms with Crippen molar-refractivity contribution in [3.63, 3.8) is 0 Å². The zero-order chi connectivity index (χ0) is 21.8. The summed E-state index contributed by atoms with van der Waals surface area (Å²) in [6.07, 6.45) is 0. The molecule has 8 heteroatoms. The Hall–Kier alpha value is -2.74. The largest absolute Gasteiger partial charge is 0.379 e. The number of pyridine rings is 1. The molecule has 1 N–H and O–H groups in total.